The van der Waals surface area contributed by atoms with Crippen molar-refractivity contribution in [1.82, 2.24) is 0 Å². The monoisotopic (exact) mass is 326 g/mol. The van der Waals surface area contributed by atoms with Gasteiger partial charge >= 0.3 is 5.51 Å². The van der Waals surface area contributed by atoms with Crippen molar-refractivity contribution < 1.29 is 22.7 Å². The second-order valence-corrected chi connectivity index (χ2v) is 5.46. The fourth-order valence-corrected chi connectivity index (χ4v) is 2.58. The summed E-state index contributed by atoms with van der Waals surface area (Å²) in [6.45, 7) is 0. The third-order valence-corrected chi connectivity index (χ3v) is 3.79. The predicted molar refractivity (Wildman–Crippen MR) is 80.2 cm³/mol. The average molecular weight is 326 g/mol. The van der Waals surface area contributed by atoms with Gasteiger partial charge in [0.05, 0.1) is 12.7 Å². The SMILES string of the molecule is COc1ccccc1C(=O)c1ccccc1CSC(F)(F)F. The van der Waals surface area contributed by atoms with Crippen LogP contribution >= 0.6 is 11.8 Å². The number of para-hydroxylation sites is 1. The molecule has 0 heterocycles. The van der Waals surface area contributed by atoms with Gasteiger partial charge in [0.2, 0.25) is 0 Å². The van der Waals surface area contributed by atoms with E-state index in [9.17, 15) is 18.0 Å². The van der Waals surface area contributed by atoms with E-state index in [4.69, 9.17) is 4.74 Å². The van der Waals surface area contributed by atoms with Crippen LogP contribution < -0.4 is 4.74 Å². The van der Waals surface area contributed by atoms with Crippen LogP contribution in [0.1, 0.15) is 21.5 Å². The van der Waals surface area contributed by atoms with Crippen LogP contribution in [-0.4, -0.2) is 18.4 Å². The van der Waals surface area contributed by atoms with E-state index < -0.39 is 5.51 Å². The molecule has 116 valence electrons. The smallest absolute Gasteiger partial charge is 0.442 e. The summed E-state index contributed by atoms with van der Waals surface area (Å²) < 4.78 is 42.3. The molecule has 2 aromatic rings. The molecule has 0 radical (unpaired) electrons. The highest BCUT2D eigenvalue weighted by Gasteiger charge is 2.29. The number of hydrogen-bond acceptors (Lipinski definition) is 3. The number of carbonyl (C=O) groups excluding carboxylic acids is 1. The molecule has 0 bridgehead atoms. The molecule has 6 heteroatoms. The molecule has 0 aliphatic carbocycles. The molecule has 0 aliphatic rings. The normalized spacial score (nSPS) is 11.3. The van der Waals surface area contributed by atoms with Crippen molar-refractivity contribution in [2.45, 2.75) is 11.3 Å². The molecule has 0 atom stereocenters. The summed E-state index contributed by atoms with van der Waals surface area (Å²) in [5.74, 6) is -0.262. The molecule has 22 heavy (non-hydrogen) atoms. The van der Waals surface area contributed by atoms with Crippen molar-refractivity contribution in [2.24, 2.45) is 0 Å². The molecule has 0 spiro atoms. The zero-order valence-electron chi connectivity index (χ0n) is 11.7. The first kappa shape index (κ1) is 16.4. The average Bonchev–Trinajstić information content (AvgIpc) is 2.51. The van der Waals surface area contributed by atoms with Gasteiger partial charge in [0, 0.05) is 11.3 Å². The van der Waals surface area contributed by atoms with E-state index >= 15 is 0 Å². The number of thioether (sulfide) groups is 1. The van der Waals surface area contributed by atoms with Crippen molar-refractivity contribution in [1.29, 1.82) is 0 Å². The van der Waals surface area contributed by atoms with Crippen LogP contribution in [0.4, 0.5) is 13.2 Å². The van der Waals surface area contributed by atoms with Gasteiger partial charge < -0.3 is 4.74 Å². The Morgan fingerprint density at radius 1 is 1.05 bits per heavy atom. The number of hydrogen-bond donors (Lipinski definition) is 0. The first-order valence-corrected chi connectivity index (χ1v) is 7.37. The lowest BCUT2D eigenvalue weighted by Crippen LogP contribution is -2.08. The minimum absolute atomic E-state index is 0.160. The van der Waals surface area contributed by atoms with Crippen LogP contribution in [0, 0.1) is 0 Å². The number of ketones is 1. The Morgan fingerprint density at radius 3 is 2.27 bits per heavy atom. The summed E-state index contributed by atoms with van der Waals surface area (Å²) in [6.07, 6.45) is 0. The maximum Gasteiger partial charge on any atom is 0.442 e. The highest BCUT2D eigenvalue weighted by Crippen LogP contribution is 2.34. The highest BCUT2D eigenvalue weighted by atomic mass is 32.2. The summed E-state index contributed by atoms with van der Waals surface area (Å²) in [4.78, 5) is 12.6. The third kappa shape index (κ3) is 4.04. The standard InChI is InChI=1S/C16H13F3O2S/c1-21-14-9-5-4-8-13(14)15(20)12-7-3-2-6-11(12)10-22-16(17,18)19/h2-9H,10H2,1H3. The topological polar surface area (TPSA) is 26.3 Å². The second kappa shape index (κ2) is 6.87. The first-order chi connectivity index (χ1) is 10.4. The quantitative estimate of drug-likeness (QED) is 0.746. The molecule has 0 saturated carbocycles. The fourth-order valence-electron chi connectivity index (χ4n) is 2.00. The van der Waals surface area contributed by atoms with Gasteiger partial charge in [0.25, 0.3) is 0 Å². The molecule has 0 unspecified atom stereocenters. The van der Waals surface area contributed by atoms with Gasteiger partial charge in [-0.15, -0.1) is 0 Å². The van der Waals surface area contributed by atoms with Gasteiger partial charge in [-0.3, -0.25) is 4.79 Å². The van der Waals surface area contributed by atoms with Gasteiger partial charge in [-0.2, -0.15) is 13.2 Å². The first-order valence-electron chi connectivity index (χ1n) is 6.38. The number of rotatable bonds is 5. The third-order valence-electron chi connectivity index (χ3n) is 3.00. The lowest BCUT2D eigenvalue weighted by molar-refractivity contribution is -0.0329. The van der Waals surface area contributed by atoms with Gasteiger partial charge in [-0.05, 0) is 29.5 Å². The maximum absolute atomic E-state index is 12.6. The highest BCUT2D eigenvalue weighted by molar-refractivity contribution is 7.99. The van der Waals surface area contributed by atoms with E-state index in [2.05, 4.69) is 0 Å². The number of ether oxygens (including phenoxy) is 1. The van der Waals surface area contributed by atoms with Crippen LogP contribution in [0.15, 0.2) is 48.5 Å². The Morgan fingerprint density at radius 2 is 1.64 bits per heavy atom. The minimum Gasteiger partial charge on any atom is -0.496 e. The van der Waals surface area contributed by atoms with Crippen LogP contribution in [-0.2, 0) is 5.75 Å². The van der Waals surface area contributed by atoms with Crippen molar-refractivity contribution in [2.75, 3.05) is 7.11 Å². The molecule has 2 aromatic carbocycles. The second-order valence-electron chi connectivity index (χ2n) is 4.42. The Balaban J connectivity index is 2.34. The van der Waals surface area contributed by atoms with Gasteiger partial charge in [-0.1, -0.05) is 36.4 Å². The van der Waals surface area contributed by atoms with Gasteiger partial charge in [0.15, 0.2) is 5.78 Å². The molecule has 0 aromatic heterocycles. The molecule has 0 aliphatic heterocycles. The van der Waals surface area contributed by atoms with Crippen LogP contribution in [0.5, 0.6) is 5.75 Å². The maximum atomic E-state index is 12.6. The number of methoxy groups -OCH3 is 1. The number of alkyl halides is 3. The van der Waals surface area contributed by atoms with E-state index in [0.717, 1.165) is 0 Å². The largest absolute Gasteiger partial charge is 0.496 e. The van der Waals surface area contributed by atoms with Crippen molar-refractivity contribution >= 4 is 17.5 Å². The minimum atomic E-state index is -4.33. The predicted octanol–water partition coefficient (Wildman–Crippen LogP) is 4.68. The molecule has 0 fully saturated rings. The van der Waals surface area contributed by atoms with E-state index in [0.29, 0.717) is 16.9 Å². The summed E-state index contributed by atoms with van der Waals surface area (Å²) >= 11 is -0.160. The van der Waals surface area contributed by atoms with Crippen LogP contribution in [0.2, 0.25) is 0 Å². The van der Waals surface area contributed by atoms with Crippen molar-refractivity contribution in [3.05, 3.63) is 65.2 Å². The molecule has 0 amide bonds. The van der Waals surface area contributed by atoms with Gasteiger partial charge in [-0.25, -0.2) is 0 Å². The zero-order valence-corrected chi connectivity index (χ0v) is 12.5. The Hall–Kier alpha value is -1.95. The fraction of sp³-hybridized carbons (Fsp3) is 0.188. The molecular formula is C16H13F3O2S. The Kier molecular flexibility index (Phi) is 5.13. The summed E-state index contributed by atoms with van der Waals surface area (Å²) in [7, 11) is 1.44. The molecule has 0 N–H and O–H groups in total. The lowest BCUT2D eigenvalue weighted by atomic mass is 9.98. The van der Waals surface area contributed by atoms with E-state index in [1.807, 2.05) is 0 Å². The summed E-state index contributed by atoms with van der Waals surface area (Å²) in [6, 6.07) is 12.9. The van der Waals surface area contributed by atoms with E-state index in [-0.39, 0.29) is 28.9 Å². The van der Waals surface area contributed by atoms with Crippen LogP contribution in [0.25, 0.3) is 0 Å². The van der Waals surface area contributed by atoms with Crippen LogP contribution in [0.3, 0.4) is 0 Å². The summed E-state index contributed by atoms with van der Waals surface area (Å²) in [5, 5.41) is 0. The number of carbonyl (C=O) groups is 1. The number of halogens is 3. The molecule has 2 rings (SSSR count). The van der Waals surface area contributed by atoms with Crippen molar-refractivity contribution in [3.8, 4) is 5.75 Å². The Bertz CT molecular complexity index is 668. The van der Waals surface area contributed by atoms with E-state index in [1.54, 1.807) is 36.4 Å². The Labute approximate surface area is 130 Å². The molecular weight excluding hydrogens is 313 g/mol. The van der Waals surface area contributed by atoms with Crippen molar-refractivity contribution in [3.63, 3.8) is 0 Å². The summed E-state index contributed by atoms with van der Waals surface area (Å²) in [5.41, 5.74) is -3.40. The zero-order chi connectivity index (χ0) is 16.2. The lowest BCUT2D eigenvalue weighted by Gasteiger charge is -2.12. The van der Waals surface area contributed by atoms with Gasteiger partial charge in [0.1, 0.15) is 5.75 Å². The van der Waals surface area contributed by atoms with E-state index in [1.165, 1.54) is 19.2 Å². The number of benzene rings is 2. The molecule has 2 nitrogen and oxygen atoms in total. The molecule has 0 saturated heterocycles.